The number of halogens is 3. The van der Waals surface area contributed by atoms with E-state index >= 15 is 0 Å². The van der Waals surface area contributed by atoms with Crippen molar-refractivity contribution in [2.75, 3.05) is 13.1 Å². The fourth-order valence-electron chi connectivity index (χ4n) is 4.18. The highest BCUT2D eigenvalue weighted by molar-refractivity contribution is 5.81. The third-order valence-corrected chi connectivity index (χ3v) is 6.24. The number of hydrogen-bond acceptors (Lipinski definition) is 1. The first kappa shape index (κ1) is 32.3. The Bertz CT molecular complexity index is 457. The molecule has 2 nitrogen and oxygen atoms in total. The minimum absolute atomic E-state index is 0.231. The van der Waals surface area contributed by atoms with E-state index in [1.165, 1.54) is 51.4 Å². The number of rotatable bonds is 18. The SMILES string of the molecule is CC(C)(C)CCCCCCCCCN(CCCCCCCCCC(C)(C)C)C(=O)C(F)(F)F. The average Bonchev–Trinajstić information content (AvgIpc) is 2.66. The molecule has 0 aromatic carbocycles. The highest BCUT2D eigenvalue weighted by atomic mass is 19.4. The molecule has 0 rings (SSSR count). The van der Waals surface area contributed by atoms with Crippen molar-refractivity contribution in [1.82, 2.24) is 4.90 Å². The second-order valence-electron chi connectivity index (χ2n) is 12.4. The lowest BCUT2D eigenvalue weighted by Gasteiger charge is -2.24. The van der Waals surface area contributed by atoms with Crippen molar-refractivity contribution in [2.45, 2.75) is 150 Å². The fourth-order valence-corrected chi connectivity index (χ4v) is 4.18. The van der Waals surface area contributed by atoms with E-state index in [2.05, 4.69) is 41.5 Å². The van der Waals surface area contributed by atoms with Crippen molar-refractivity contribution in [3.8, 4) is 0 Å². The molecule has 0 fully saturated rings. The summed E-state index contributed by atoms with van der Waals surface area (Å²) in [6.07, 6.45) is 12.5. The Balaban J connectivity index is 3.98. The average molecular weight is 478 g/mol. The van der Waals surface area contributed by atoms with E-state index in [-0.39, 0.29) is 13.1 Å². The molecule has 5 heteroatoms. The zero-order chi connectivity index (χ0) is 25.4. The van der Waals surface area contributed by atoms with Crippen molar-refractivity contribution in [1.29, 1.82) is 0 Å². The molecule has 0 bridgehead atoms. The predicted octanol–water partition coefficient (Wildman–Crippen LogP) is 9.71. The van der Waals surface area contributed by atoms with Crippen LogP contribution >= 0.6 is 0 Å². The maximum absolute atomic E-state index is 13.0. The Kier molecular flexibility index (Phi) is 16.4. The highest BCUT2D eigenvalue weighted by Crippen LogP contribution is 2.24. The summed E-state index contributed by atoms with van der Waals surface area (Å²) in [5.41, 5.74) is 0.779. The molecular weight excluding hydrogens is 423 g/mol. The van der Waals surface area contributed by atoms with Gasteiger partial charge in [0, 0.05) is 13.1 Å². The highest BCUT2D eigenvalue weighted by Gasteiger charge is 2.41. The summed E-state index contributed by atoms with van der Waals surface area (Å²) in [5, 5.41) is 0. The maximum atomic E-state index is 13.0. The topological polar surface area (TPSA) is 20.3 Å². The molecule has 198 valence electrons. The Labute approximate surface area is 203 Å². The van der Waals surface area contributed by atoms with Crippen LogP contribution in [0.5, 0.6) is 0 Å². The summed E-state index contributed by atoms with van der Waals surface area (Å²) in [7, 11) is 0. The number of amides is 1. The van der Waals surface area contributed by atoms with Crippen molar-refractivity contribution >= 4 is 5.91 Å². The van der Waals surface area contributed by atoms with Crippen LogP contribution in [0.1, 0.15) is 144 Å². The minimum atomic E-state index is -4.76. The van der Waals surface area contributed by atoms with Gasteiger partial charge in [0.2, 0.25) is 0 Å². The molecule has 0 spiro atoms. The van der Waals surface area contributed by atoms with Crippen LogP contribution in [0.4, 0.5) is 13.2 Å². The molecule has 33 heavy (non-hydrogen) atoms. The van der Waals surface area contributed by atoms with Gasteiger partial charge in [0.1, 0.15) is 0 Å². The van der Waals surface area contributed by atoms with Crippen molar-refractivity contribution in [3.63, 3.8) is 0 Å². The van der Waals surface area contributed by atoms with Gasteiger partial charge in [0.05, 0.1) is 0 Å². The van der Waals surface area contributed by atoms with Gasteiger partial charge in [-0.3, -0.25) is 4.79 Å². The number of carbonyl (C=O) groups is 1. The molecular formula is C28H54F3NO. The standard InChI is InChI=1S/C28H54F3NO/c1-26(2,3)21-17-13-9-7-11-15-19-23-32(25(33)28(29,30)31)24-20-16-12-8-10-14-18-22-27(4,5)6/h7-24H2,1-6H3. The van der Waals surface area contributed by atoms with Crippen LogP contribution in [0.2, 0.25) is 0 Å². The van der Waals surface area contributed by atoms with Crippen LogP contribution in [0.25, 0.3) is 0 Å². The van der Waals surface area contributed by atoms with Crippen LogP contribution in [0.3, 0.4) is 0 Å². The van der Waals surface area contributed by atoms with Gasteiger partial charge < -0.3 is 4.90 Å². The molecule has 0 aliphatic rings. The second-order valence-corrected chi connectivity index (χ2v) is 12.4. The zero-order valence-corrected chi connectivity index (χ0v) is 22.7. The van der Waals surface area contributed by atoms with E-state index in [1.54, 1.807) is 0 Å². The lowest BCUT2D eigenvalue weighted by molar-refractivity contribution is -0.185. The molecule has 0 saturated heterocycles. The molecule has 0 unspecified atom stereocenters. The number of unbranched alkanes of at least 4 members (excludes halogenated alkanes) is 12. The Morgan fingerprint density at radius 2 is 0.788 bits per heavy atom. The van der Waals surface area contributed by atoms with E-state index in [0.29, 0.717) is 23.7 Å². The number of nitrogens with zero attached hydrogens (tertiary/aromatic N) is 1. The van der Waals surface area contributed by atoms with Crippen molar-refractivity contribution in [2.24, 2.45) is 10.8 Å². The molecule has 0 atom stereocenters. The lowest BCUT2D eigenvalue weighted by atomic mass is 9.89. The molecule has 1 amide bonds. The van der Waals surface area contributed by atoms with Crippen LogP contribution < -0.4 is 0 Å². The largest absolute Gasteiger partial charge is 0.471 e. The molecule has 0 radical (unpaired) electrons. The van der Waals surface area contributed by atoms with E-state index in [4.69, 9.17) is 0 Å². The first-order valence-corrected chi connectivity index (χ1v) is 13.6. The Morgan fingerprint density at radius 3 is 1.06 bits per heavy atom. The van der Waals surface area contributed by atoms with E-state index in [9.17, 15) is 18.0 Å². The van der Waals surface area contributed by atoms with Gasteiger partial charge in [-0.25, -0.2) is 0 Å². The number of carbonyl (C=O) groups excluding carboxylic acids is 1. The summed E-state index contributed by atoms with van der Waals surface area (Å²) < 4.78 is 38.9. The van der Waals surface area contributed by atoms with Gasteiger partial charge in [-0.05, 0) is 36.5 Å². The third-order valence-electron chi connectivity index (χ3n) is 6.24. The van der Waals surface area contributed by atoms with Gasteiger partial charge in [-0.1, -0.05) is 119 Å². The van der Waals surface area contributed by atoms with Crippen LogP contribution in [-0.4, -0.2) is 30.1 Å². The van der Waals surface area contributed by atoms with Crippen LogP contribution in [0.15, 0.2) is 0 Å². The summed E-state index contributed by atoms with van der Waals surface area (Å²) >= 11 is 0. The maximum Gasteiger partial charge on any atom is 0.471 e. The first-order valence-electron chi connectivity index (χ1n) is 13.6. The van der Waals surface area contributed by atoms with Crippen LogP contribution in [0, 0.1) is 10.8 Å². The molecule has 0 saturated carbocycles. The van der Waals surface area contributed by atoms with Gasteiger partial charge in [-0.15, -0.1) is 0 Å². The summed E-state index contributed by atoms with van der Waals surface area (Å²) in [5.74, 6) is -1.66. The smallest absolute Gasteiger partial charge is 0.335 e. The molecule has 0 aliphatic carbocycles. The minimum Gasteiger partial charge on any atom is -0.335 e. The lowest BCUT2D eigenvalue weighted by Crippen LogP contribution is -2.42. The van der Waals surface area contributed by atoms with E-state index in [0.717, 1.165) is 43.4 Å². The molecule has 0 aromatic rings. The van der Waals surface area contributed by atoms with Gasteiger partial charge in [0.25, 0.3) is 0 Å². The molecule has 0 aliphatic heterocycles. The van der Waals surface area contributed by atoms with Gasteiger partial charge in [-0.2, -0.15) is 13.2 Å². The second kappa shape index (κ2) is 16.8. The molecule has 0 heterocycles. The fraction of sp³-hybridized carbons (Fsp3) is 0.964. The van der Waals surface area contributed by atoms with Crippen molar-refractivity contribution in [3.05, 3.63) is 0 Å². The normalized spacial score (nSPS) is 12.9. The molecule has 0 N–H and O–H groups in total. The van der Waals surface area contributed by atoms with Gasteiger partial charge in [0.15, 0.2) is 0 Å². The van der Waals surface area contributed by atoms with E-state index < -0.39 is 12.1 Å². The van der Waals surface area contributed by atoms with E-state index in [1.807, 2.05) is 0 Å². The quantitative estimate of drug-likeness (QED) is 0.180. The Hall–Kier alpha value is -0.740. The Morgan fingerprint density at radius 1 is 0.515 bits per heavy atom. The first-order chi connectivity index (χ1) is 15.2. The summed E-state index contributed by atoms with van der Waals surface area (Å²) in [4.78, 5) is 12.9. The van der Waals surface area contributed by atoms with Crippen LogP contribution in [-0.2, 0) is 4.79 Å². The summed E-state index contributed by atoms with van der Waals surface area (Å²) in [6, 6.07) is 0. The third kappa shape index (κ3) is 21.5. The molecule has 0 aromatic heterocycles. The van der Waals surface area contributed by atoms with Crippen molar-refractivity contribution < 1.29 is 18.0 Å². The van der Waals surface area contributed by atoms with Gasteiger partial charge >= 0.3 is 12.1 Å². The zero-order valence-electron chi connectivity index (χ0n) is 22.7. The monoisotopic (exact) mass is 477 g/mol. The number of alkyl halides is 3. The summed E-state index contributed by atoms with van der Waals surface area (Å²) in [6.45, 7) is 14.0. The predicted molar refractivity (Wildman–Crippen MR) is 135 cm³/mol. The number of hydrogen-bond donors (Lipinski definition) is 0.